The van der Waals surface area contributed by atoms with Crippen molar-refractivity contribution in [2.75, 3.05) is 0 Å². The number of thiophene rings is 1. The zero-order valence-electron chi connectivity index (χ0n) is 9.55. The summed E-state index contributed by atoms with van der Waals surface area (Å²) in [5, 5.41) is 11.4. The molecule has 0 aliphatic rings. The van der Waals surface area contributed by atoms with Gasteiger partial charge >= 0.3 is 18.9 Å². The van der Waals surface area contributed by atoms with E-state index >= 15 is 0 Å². The van der Waals surface area contributed by atoms with E-state index in [1.807, 2.05) is 11.4 Å². The summed E-state index contributed by atoms with van der Waals surface area (Å²) in [4.78, 5) is 4.51. The summed E-state index contributed by atoms with van der Waals surface area (Å²) in [5.74, 6) is 0.325. The molecule has 0 saturated heterocycles. The second-order valence-corrected chi connectivity index (χ2v) is 5.58. The number of hydrogen-bond donors (Lipinski definition) is 0. The summed E-state index contributed by atoms with van der Waals surface area (Å²) in [6.45, 7) is 0. The maximum atomic E-state index is 9.28. The number of hydrogen-bond acceptors (Lipinski definition) is 3. The zero-order valence-corrected chi connectivity index (χ0v) is 13.4. The number of nitrogens with zero attached hydrogens (tertiary/aromatic N) is 2. The SMILES string of the molecule is N#C[C-](c1cccs1)c1c(Cl)c(Cl)nc(Cl)c1Cl.[Li+]. The Balaban J connectivity index is 0.00000180. The van der Waals surface area contributed by atoms with Crippen LogP contribution < -0.4 is 18.9 Å². The number of rotatable bonds is 2. The van der Waals surface area contributed by atoms with Crippen LogP contribution in [0.3, 0.4) is 0 Å². The molecule has 0 aliphatic carbocycles. The molecule has 0 N–H and O–H groups in total. The van der Waals surface area contributed by atoms with Gasteiger partial charge in [-0.05, 0) is 16.2 Å². The minimum absolute atomic E-state index is 0. The maximum absolute atomic E-state index is 9.28. The smallest absolute Gasteiger partial charge is 0.242 e. The number of nitriles is 1. The normalized spacial score (nSPS) is 9.63. The second kappa shape index (κ2) is 7.11. The molecule has 2 nitrogen and oxygen atoms in total. The van der Waals surface area contributed by atoms with Crippen molar-refractivity contribution in [2.45, 2.75) is 0 Å². The molecule has 2 aromatic rings. The Hall–Kier alpha value is -0.0326. The van der Waals surface area contributed by atoms with Gasteiger partial charge in [-0.1, -0.05) is 34.8 Å². The summed E-state index contributed by atoms with van der Waals surface area (Å²) in [6.07, 6.45) is 0. The van der Waals surface area contributed by atoms with Gasteiger partial charge in [-0.2, -0.15) is 11.3 Å². The van der Waals surface area contributed by atoms with Crippen LogP contribution in [0.2, 0.25) is 20.4 Å². The number of aromatic nitrogens is 1. The van der Waals surface area contributed by atoms with Crippen LogP contribution in [0.4, 0.5) is 0 Å². The van der Waals surface area contributed by atoms with E-state index in [0.717, 1.165) is 4.88 Å². The topological polar surface area (TPSA) is 36.7 Å². The van der Waals surface area contributed by atoms with Gasteiger partial charge in [-0.3, -0.25) is 0 Å². The van der Waals surface area contributed by atoms with Crippen LogP contribution >= 0.6 is 57.7 Å². The molecule has 0 spiro atoms. The molecule has 2 aromatic heterocycles. The van der Waals surface area contributed by atoms with Crippen molar-refractivity contribution in [3.8, 4) is 6.07 Å². The summed E-state index contributed by atoms with van der Waals surface area (Å²) in [5.41, 5.74) is 0.313. The first-order chi connectivity index (χ1) is 8.56. The van der Waals surface area contributed by atoms with Gasteiger partial charge in [-0.15, -0.1) is 29.3 Å². The number of halogens is 4. The standard InChI is InChI=1S/C11H3Cl4N2S.Li/c12-8-7(9(13)11(15)17-10(8)14)5(4-16)6-2-1-3-18-6;/h1-3H;/q-1;+1. The summed E-state index contributed by atoms with van der Waals surface area (Å²) >= 11 is 25.2. The molecule has 0 unspecified atom stereocenters. The fourth-order valence-electron chi connectivity index (χ4n) is 1.36. The molecule has 2 heterocycles. The predicted octanol–water partition coefficient (Wildman–Crippen LogP) is 2.26. The van der Waals surface area contributed by atoms with Gasteiger partial charge in [0, 0.05) is 16.1 Å². The Morgan fingerprint density at radius 2 is 1.74 bits per heavy atom. The third-order valence-corrected chi connectivity index (χ3v) is 4.49. The van der Waals surface area contributed by atoms with E-state index in [1.54, 1.807) is 6.07 Å². The van der Waals surface area contributed by atoms with Crippen molar-refractivity contribution in [2.24, 2.45) is 0 Å². The van der Waals surface area contributed by atoms with Gasteiger partial charge in [0.1, 0.15) is 10.3 Å². The molecule has 8 heteroatoms. The van der Waals surface area contributed by atoms with E-state index in [-0.39, 0.29) is 39.2 Å². The molecule has 0 aliphatic heterocycles. The third-order valence-electron chi connectivity index (χ3n) is 2.13. The molecule has 0 saturated carbocycles. The van der Waals surface area contributed by atoms with Crippen LogP contribution in [0, 0.1) is 17.2 Å². The predicted molar refractivity (Wildman–Crippen MR) is 75.7 cm³/mol. The summed E-state index contributed by atoms with van der Waals surface area (Å²) in [6, 6.07) is 5.68. The number of pyridine rings is 1. The molecular formula is C11H3Cl4LiN2S. The van der Waals surface area contributed by atoms with Gasteiger partial charge in [0.25, 0.3) is 0 Å². The fraction of sp³-hybridized carbons (Fsp3) is 0. The van der Waals surface area contributed by atoms with Crippen molar-refractivity contribution < 1.29 is 18.9 Å². The van der Waals surface area contributed by atoms with Gasteiger partial charge in [-0.25, -0.2) is 10.2 Å². The molecule has 92 valence electrons. The quantitative estimate of drug-likeness (QED) is 0.476. The van der Waals surface area contributed by atoms with Crippen molar-refractivity contribution >= 4 is 57.7 Å². The molecule has 0 amide bonds. The van der Waals surface area contributed by atoms with Gasteiger partial charge in [0.2, 0.25) is 0 Å². The van der Waals surface area contributed by atoms with Crippen LogP contribution in [0.5, 0.6) is 0 Å². The van der Waals surface area contributed by atoms with Gasteiger partial charge in [0.15, 0.2) is 0 Å². The second-order valence-electron chi connectivity index (χ2n) is 3.16. The minimum Gasteiger partial charge on any atom is -0.242 e. The van der Waals surface area contributed by atoms with Crippen molar-refractivity contribution in [1.82, 2.24) is 4.98 Å². The molecule has 19 heavy (non-hydrogen) atoms. The van der Waals surface area contributed by atoms with Crippen molar-refractivity contribution in [1.29, 1.82) is 5.26 Å². The Bertz CT molecular complexity index is 598. The summed E-state index contributed by atoms with van der Waals surface area (Å²) in [7, 11) is 0. The van der Waals surface area contributed by atoms with Gasteiger partial charge < -0.3 is 0 Å². The first kappa shape index (κ1) is 17.0. The molecule has 0 atom stereocenters. The monoisotopic (exact) mass is 342 g/mol. The molecule has 0 bridgehead atoms. The molecule has 0 fully saturated rings. The van der Waals surface area contributed by atoms with Crippen molar-refractivity contribution in [3.05, 3.63) is 54.2 Å². The van der Waals surface area contributed by atoms with Crippen LogP contribution in [0.25, 0.3) is 0 Å². The van der Waals surface area contributed by atoms with Crippen LogP contribution in [0.1, 0.15) is 10.4 Å². The van der Waals surface area contributed by atoms with E-state index in [4.69, 9.17) is 46.4 Å². The van der Waals surface area contributed by atoms with Crippen LogP contribution in [-0.4, -0.2) is 4.98 Å². The van der Waals surface area contributed by atoms with E-state index in [0.29, 0.717) is 11.5 Å². The van der Waals surface area contributed by atoms with Gasteiger partial charge in [0.05, 0.1) is 0 Å². The molecule has 2 rings (SSSR count). The average Bonchev–Trinajstić information content (AvgIpc) is 2.85. The molecule has 0 aromatic carbocycles. The largest absolute Gasteiger partial charge is 1.00 e. The van der Waals surface area contributed by atoms with E-state index < -0.39 is 0 Å². The molecule has 0 radical (unpaired) electrons. The Labute approximate surface area is 146 Å². The fourth-order valence-corrected chi connectivity index (χ4v) is 3.00. The Morgan fingerprint density at radius 1 is 1.16 bits per heavy atom. The molecular weight excluding hydrogens is 341 g/mol. The van der Waals surface area contributed by atoms with Crippen LogP contribution in [0.15, 0.2) is 17.5 Å². The van der Waals surface area contributed by atoms with Crippen LogP contribution in [-0.2, 0) is 0 Å². The summed E-state index contributed by atoms with van der Waals surface area (Å²) < 4.78 is 0. The third kappa shape index (κ3) is 3.35. The first-order valence-corrected chi connectivity index (χ1v) is 6.96. The Morgan fingerprint density at radius 3 is 2.16 bits per heavy atom. The first-order valence-electron chi connectivity index (χ1n) is 4.57. The van der Waals surface area contributed by atoms with E-state index in [1.165, 1.54) is 11.3 Å². The zero-order chi connectivity index (χ0) is 13.3. The van der Waals surface area contributed by atoms with Crippen molar-refractivity contribution in [3.63, 3.8) is 0 Å². The average molecular weight is 344 g/mol. The van der Waals surface area contributed by atoms with E-state index in [2.05, 4.69) is 11.1 Å². The van der Waals surface area contributed by atoms with E-state index in [9.17, 15) is 5.26 Å². The Kier molecular flexibility index (Phi) is 6.37. The minimum atomic E-state index is 0. The maximum Gasteiger partial charge on any atom is 1.00 e.